The third-order valence-corrected chi connectivity index (χ3v) is 3.28. The number of halogens is 1. The van der Waals surface area contributed by atoms with Crippen LogP contribution in [0, 0.1) is 0 Å². The maximum absolute atomic E-state index is 12.0. The smallest absolute Gasteiger partial charge is 0.319 e. The fourth-order valence-corrected chi connectivity index (χ4v) is 2.16. The maximum atomic E-state index is 12.0. The van der Waals surface area contributed by atoms with Crippen LogP contribution in [0.25, 0.3) is 0 Å². The molecule has 0 spiro atoms. The van der Waals surface area contributed by atoms with E-state index in [1.807, 2.05) is 13.8 Å². The molecular weight excluding hydrogens is 296 g/mol. The van der Waals surface area contributed by atoms with Gasteiger partial charge >= 0.3 is 6.03 Å². The van der Waals surface area contributed by atoms with Crippen molar-refractivity contribution in [2.24, 2.45) is 0 Å². The summed E-state index contributed by atoms with van der Waals surface area (Å²) in [7, 11) is 0. The summed E-state index contributed by atoms with van der Waals surface area (Å²) in [6.07, 6.45) is 0. The number of rotatable bonds is 5. The molecule has 0 fully saturated rings. The first-order chi connectivity index (χ1) is 9.43. The highest BCUT2D eigenvalue weighted by Crippen LogP contribution is 2.24. The minimum absolute atomic E-state index is 0.120. The average molecular weight is 313 g/mol. The minimum atomic E-state index is -0.383. The van der Waals surface area contributed by atoms with Crippen LogP contribution in [0.2, 0.25) is 5.02 Å². The molecule has 2 amide bonds. The molecule has 108 valence electrons. The molecule has 0 aliphatic carbocycles. The van der Waals surface area contributed by atoms with Gasteiger partial charge in [0.1, 0.15) is 0 Å². The lowest BCUT2D eigenvalue weighted by Crippen LogP contribution is -2.30. The summed E-state index contributed by atoms with van der Waals surface area (Å²) >= 11 is 7.07. The summed E-state index contributed by atoms with van der Waals surface area (Å²) < 4.78 is 0. The van der Waals surface area contributed by atoms with Gasteiger partial charge in [-0.1, -0.05) is 42.4 Å². The second-order valence-electron chi connectivity index (χ2n) is 4.18. The Hall–Kier alpha value is -1.46. The Bertz CT molecular complexity index is 532. The molecule has 0 bridgehead atoms. The molecule has 4 nitrogen and oxygen atoms in total. The number of amides is 2. The zero-order valence-electron chi connectivity index (χ0n) is 11.5. The molecule has 0 aliphatic rings. The molecule has 0 heterocycles. The summed E-state index contributed by atoms with van der Waals surface area (Å²) in [5, 5.41) is 5.63. The second kappa shape index (κ2) is 7.97. The SMILES string of the molecule is C=C(C)CNC(=O)Nc1ccc(Cl)cc1C(=O)SCC. The Balaban J connectivity index is 2.86. The van der Waals surface area contributed by atoms with Crippen molar-refractivity contribution in [2.75, 3.05) is 17.6 Å². The van der Waals surface area contributed by atoms with E-state index in [1.54, 1.807) is 18.2 Å². The van der Waals surface area contributed by atoms with Gasteiger partial charge in [0, 0.05) is 11.6 Å². The lowest BCUT2D eigenvalue weighted by atomic mass is 10.2. The van der Waals surface area contributed by atoms with Gasteiger partial charge < -0.3 is 10.6 Å². The molecule has 0 saturated carbocycles. The first-order valence-corrected chi connectivity index (χ1v) is 7.46. The molecule has 0 aliphatic heterocycles. The number of hydrogen-bond donors (Lipinski definition) is 2. The Kier molecular flexibility index (Phi) is 6.61. The molecule has 0 atom stereocenters. The van der Waals surface area contributed by atoms with E-state index in [-0.39, 0.29) is 11.1 Å². The van der Waals surface area contributed by atoms with E-state index < -0.39 is 0 Å². The summed E-state index contributed by atoms with van der Waals surface area (Å²) in [4.78, 5) is 23.7. The monoisotopic (exact) mass is 312 g/mol. The fourth-order valence-electron chi connectivity index (χ4n) is 1.40. The number of hydrogen-bond acceptors (Lipinski definition) is 3. The van der Waals surface area contributed by atoms with Crippen LogP contribution in [0.15, 0.2) is 30.4 Å². The molecule has 6 heteroatoms. The molecule has 1 aromatic carbocycles. The number of nitrogens with one attached hydrogen (secondary N) is 2. The highest BCUT2D eigenvalue weighted by molar-refractivity contribution is 8.14. The molecule has 1 rings (SSSR count). The van der Waals surface area contributed by atoms with E-state index in [4.69, 9.17) is 11.6 Å². The lowest BCUT2D eigenvalue weighted by Gasteiger charge is -2.11. The van der Waals surface area contributed by atoms with Gasteiger partial charge in [-0.3, -0.25) is 4.79 Å². The number of anilines is 1. The van der Waals surface area contributed by atoms with Gasteiger partial charge in [-0.25, -0.2) is 4.79 Å². The van der Waals surface area contributed by atoms with E-state index in [1.165, 1.54) is 11.8 Å². The second-order valence-corrected chi connectivity index (χ2v) is 5.85. The molecule has 0 radical (unpaired) electrons. The number of urea groups is 1. The molecule has 20 heavy (non-hydrogen) atoms. The van der Waals surface area contributed by atoms with Crippen LogP contribution in [-0.2, 0) is 0 Å². The fraction of sp³-hybridized carbons (Fsp3) is 0.286. The standard InChI is InChI=1S/C14H17ClN2O2S/c1-4-20-13(18)11-7-10(15)5-6-12(11)17-14(19)16-8-9(2)3/h5-7H,2,4,8H2,1,3H3,(H2,16,17,19). The summed E-state index contributed by atoms with van der Waals surface area (Å²) in [6, 6.07) is 4.42. The van der Waals surface area contributed by atoms with Crippen molar-refractivity contribution in [3.05, 3.63) is 40.9 Å². The molecule has 0 saturated heterocycles. The molecule has 2 N–H and O–H groups in total. The number of carbonyl (C=O) groups excluding carboxylic acids is 2. The predicted octanol–water partition coefficient (Wildman–Crippen LogP) is 3.93. The molecule has 0 aromatic heterocycles. The highest BCUT2D eigenvalue weighted by atomic mass is 35.5. The average Bonchev–Trinajstić information content (AvgIpc) is 2.38. The van der Waals surface area contributed by atoms with Crippen LogP contribution < -0.4 is 10.6 Å². The third kappa shape index (κ3) is 5.27. The van der Waals surface area contributed by atoms with E-state index in [2.05, 4.69) is 17.2 Å². The zero-order valence-corrected chi connectivity index (χ0v) is 13.0. The zero-order chi connectivity index (χ0) is 15.1. The van der Waals surface area contributed by atoms with E-state index in [9.17, 15) is 9.59 Å². The quantitative estimate of drug-likeness (QED) is 0.810. The number of carbonyl (C=O) groups is 2. The number of thioether (sulfide) groups is 1. The summed E-state index contributed by atoms with van der Waals surface area (Å²) in [5.74, 6) is 0.659. The third-order valence-electron chi connectivity index (χ3n) is 2.28. The van der Waals surface area contributed by atoms with Crippen LogP contribution >= 0.6 is 23.4 Å². The predicted molar refractivity (Wildman–Crippen MR) is 85.7 cm³/mol. The molecule has 1 aromatic rings. The van der Waals surface area contributed by atoms with Crippen LogP contribution in [-0.4, -0.2) is 23.4 Å². The molecule has 0 unspecified atom stereocenters. The van der Waals surface area contributed by atoms with Crippen molar-refractivity contribution in [2.45, 2.75) is 13.8 Å². The van der Waals surface area contributed by atoms with Gasteiger partial charge in [0.2, 0.25) is 5.12 Å². The highest BCUT2D eigenvalue weighted by Gasteiger charge is 2.14. The van der Waals surface area contributed by atoms with Crippen LogP contribution in [0.3, 0.4) is 0 Å². The molecular formula is C14H17ClN2O2S. The minimum Gasteiger partial charge on any atom is -0.334 e. The first kappa shape index (κ1) is 16.6. The topological polar surface area (TPSA) is 58.2 Å². The summed E-state index contributed by atoms with van der Waals surface area (Å²) in [6.45, 7) is 7.78. The largest absolute Gasteiger partial charge is 0.334 e. The van der Waals surface area contributed by atoms with E-state index in [0.29, 0.717) is 28.6 Å². The number of benzene rings is 1. The van der Waals surface area contributed by atoms with Gasteiger partial charge in [0.15, 0.2) is 0 Å². The van der Waals surface area contributed by atoms with Crippen molar-refractivity contribution in [3.63, 3.8) is 0 Å². The first-order valence-electron chi connectivity index (χ1n) is 6.10. The Morgan fingerprint density at radius 2 is 2.10 bits per heavy atom. The Labute approximate surface area is 128 Å². The normalized spacial score (nSPS) is 9.95. The van der Waals surface area contributed by atoms with E-state index in [0.717, 1.165) is 5.57 Å². The summed E-state index contributed by atoms with van der Waals surface area (Å²) in [5.41, 5.74) is 1.68. The van der Waals surface area contributed by atoms with Gasteiger partial charge in [-0.2, -0.15) is 0 Å². The Morgan fingerprint density at radius 3 is 2.70 bits per heavy atom. The van der Waals surface area contributed by atoms with Gasteiger partial charge in [-0.05, 0) is 30.9 Å². The van der Waals surface area contributed by atoms with Gasteiger partial charge in [0.25, 0.3) is 0 Å². The van der Waals surface area contributed by atoms with Crippen molar-refractivity contribution in [3.8, 4) is 0 Å². The van der Waals surface area contributed by atoms with Crippen molar-refractivity contribution in [1.29, 1.82) is 0 Å². The van der Waals surface area contributed by atoms with Crippen molar-refractivity contribution < 1.29 is 9.59 Å². The Morgan fingerprint density at radius 1 is 1.40 bits per heavy atom. The van der Waals surface area contributed by atoms with Crippen molar-refractivity contribution in [1.82, 2.24) is 5.32 Å². The van der Waals surface area contributed by atoms with Crippen LogP contribution in [0.4, 0.5) is 10.5 Å². The van der Waals surface area contributed by atoms with Crippen molar-refractivity contribution >= 4 is 40.2 Å². The maximum Gasteiger partial charge on any atom is 0.319 e. The van der Waals surface area contributed by atoms with Gasteiger partial charge in [0.05, 0.1) is 11.3 Å². The van der Waals surface area contributed by atoms with Crippen LogP contribution in [0.5, 0.6) is 0 Å². The lowest BCUT2D eigenvalue weighted by molar-refractivity contribution is 0.109. The van der Waals surface area contributed by atoms with Crippen LogP contribution in [0.1, 0.15) is 24.2 Å². The van der Waals surface area contributed by atoms with E-state index >= 15 is 0 Å². The van der Waals surface area contributed by atoms with Gasteiger partial charge in [-0.15, -0.1) is 0 Å².